The van der Waals surface area contributed by atoms with Crippen molar-refractivity contribution in [2.24, 2.45) is 5.92 Å². The lowest BCUT2D eigenvalue weighted by Crippen LogP contribution is -2.47. The molecular weight excluding hydrogens is 219 g/mol. The van der Waals surface area contributed by atoms with Gasteiger partial charge in [0.05, 0.1) is 11.5 Å². The number of hydrogen-bond donors (Lipinski definition) is 1. The molecule has 1 rings (SSSR count). The molecule has 2 unspecified atom stereocenters. The van der Waals surface area contributed by atoms with E-state index in [1.807, 2.05) is 20.8 Å². The smallest absolute Gasteiger partial charge is 0.296 e. The molecule has 1 N–H and O–H groups in total. The normalized spacial score (nSPS) is 28.1. The average molecular weight is 239 g/mol. The summed E-state index contributed by atoms with van der Waals surface area (Å²) in [5.41, 5.74) is 2.13. The number of rotatable bonds is 2. The maximum Gasteiger partial charge on any atom is 0.393 e. The highest BCUT2D eigenvalue weighted by Gasteiger charge is 2.45. The minimum Gasteiger partial charge on any atom is -0.296 e. The number of hydroxylamine groups is 1. The van der Waals surface area contributed by atoms with Crippen LogP contribution in [0, 0.1) is 5.92 Å². The standard InChI is InChI=1S/C11H20F3NO/c1-10(2,3)16-15-9-7-5-4-6-8(9)11(12,13)14/h8-9,15H,4-7H2,1-3H3. The Morgan fingerprint density at radius 1 is 1.06 bits per heavy atom. The first kappa shape index (κ1) is 13.8. The van der Waals surface area contributed by atoms with Gasteiger partial charge in [0.1, 0.15) is 0 Å². The molecule has 0 saturated heterocycles. The number of halogens is 3. The summed E-state index contributed by atoms with van der Waals surface area (Å²) < 4.78 is 38.1. The predicted octanol–water partition coefficient (Wildman–Crippen LogP) is 3.43. The van der Waals surface area contributed by atoms with Gasteiger partial charge in [-0.2, -0.15) is 18.7 Å². The Kier molecular flexibility index (Phi) is 4.23. The second-order valence-electron chi connectivity index (χ2n) is 5.37. The van der Waals surface area contributed by atoms with Crippen molar-refractivity contribution >= 4 is 0 Å². The summed E-state index contributed by atoms with van der Waals surface area (Å²) in [6.07, 6.45) is -1.91. The summed E-state index contributed by atoms with van der Waals surface area (Å²) in [6, 6.07) is -0.604. The molecule has 5 heteroatoms. The zero-order valence-corrected chi connectivity index (χ0v) is 10.0. The van der Waals surface area contributed by atoms with Crippen molar-refractivity contribution in [3.05, 3.63) is 0 Å². The van der Waals surface area contributed by atoms with Gasteiger partial charge in [0.15, 0.2) is 0 Å². The highest BCUT2D eigenvalue weighted by molar-refractivity contribution is 4.84. The first-order valence-corrected chi connectivity index (χ1v) is 5.70. The SMILES string of the molecule is CC(C)(C)ONC1CCCCC1C(F)(F)F. The van der Waals surface area contributed by atoms with E-state index in [9.17, 15) is 13.2 Å². The molecule has 0 heterocycles. The van der Waals surface area contributed by atoms with Crippen LogP contribution in [0.2, 0.25) is 0 Å². The molecule has 1 aliphatic carbocycles. The third-order valence-corrected chi connectivity index (χ3v) is 2.70. The Morgan fingerprint density at radius 3 is 2.12 bits per heavy atom. The van der Waals surface area contributed by atoms with Crippen LogP contribution in [0.4, 0.5) is 13.2 Å². The first-order valence-electron chi connectivity index (χ1n) is 5.70. The lowest BCUT2D eigenvalue weighted by molar-refractivity contribution is -0.207. The van der Waals surface area contributed by atoms with Crippen LogP contribution in [0.25, 0.3) is 0 Å². The second-order valence-corrected chi connectivity index (χ2v) is 5.37. The average Bonchev–Trinajstić information content (AvgIpc) is 2.12. The van der Waals surface area contributed by atoms with Crippen molar-refractivity contribution in [2.75, 3.05) is 0 Å². The van der Waals surface area contributed by atoms with E-state index in [4.69, 9.17) is 4.84 Å². The van der Waals surface area contributed by atoms with Gasteiger partial charge in [-0.25, -0.2) is 0 Å². The lowest BCUT2D eigenvalue weighted by atomic mass is 9.84. The van der Waals surface area contributed by atoms with Crippen molar-refractivity contribution in [2.45, 2.75) is 64.3 Å². The van der Waals surface area contributed by atoms with Crippen LogP contribution in [0.5, 0.6) is 0 Å². The highest BCUT2D eigenvalue weighted by atomic mass is 19.4. The van der Waals surface area contributed by atoms with Gasteiger partial charge in [0.2, 0.25) is 0 Å². The predicted molar refractivity (Wildman–Crippen MR) is 55.8 cm³/mol. The van der Waals surface area contributed by atoms with Crippen molar-refractivity contribution < 1.29 is 18.0 Å². The van der Waals surface area contributed by atoms with E-state index in [0.717, 1.165) is 6.42 Å². The molecule has 2 atom stereocenters. The van der Waals surface area contributed by atoms with Crippen LogP contribution in [-0.2, 0) is 4.84 Å². The number of nitrogens with one attached hydrogen (secondary N) is 1. The van der Waals surface area contributed by atoms with E-state index in [2.05, 4.69) is 5.48 Å². The Bertz CT molecular complexity index is 222. The molecule has 1 aliphatic rings. The van der Waals surface area contributed by atoms with Crippen LogP contribution in [-0.4, -0.2) is 17.8 Å². The molecule has 1 fully saturated rings. The molecule has 0 aromatic rings. The Labute approximate surface area is 94.5 Å². The Morgan fingerprint density at radius 2 is 1.62 bits per heavy atom. The van der Waals surface area contributed by atoms with Crippen molar-refractivity contribution in [3.63, 3.8) is 0 Å². The molecule has 0 aliphatic heterocycles. The van der Waals surface area contributed by atoms with Gasteiger partial charge < -0.3 is 0 Å². The molecule has 0 spiro atoms. The van der Waals surface area contributed by atoms with Crippen molar-refractivity contribution in [1.29, 1.82) is 0 Å². The third kappa shape index (κ3) is 4.29. The molecule has 0 radical (unpaired) electrons. The molecule has 96 valence electrons. The molecule has 0 aromatic heterocycles. The first-order chi connectivity index (χ1) is 7.20. The quantitative estimate of drug-likeness (QED) is 0.745. The lowest BCUT2D eigenvalue weighted by Gasteiger charge is -2.35. The van der Waals surface area contributed by atoms with E-state index in [-0.39, 0.29) is 6.42 Å². The maximum atomic E-state index is 12.7. The van der Waals surface area contributed by atoms with E-state index in [0.29, 0.717) is 12.8 Å². The minimum atomic E-state index is -4.13. The molecule has 1 saturated carbocycles. The van der Waals surface area contributed by atoms with Crippen LogP contribution in [0.15, 0.2) is 0 Å². The summed E-state index contributed by atoms with van der Waals surface area (Å²) in [5.74, 6) is -1.27. The van der Waals surface area contributed by atoms with Gasteiger partial charge in [-0.3, -0.25) is 4.84 Å². The van der Waals surface area contributed by atoms with Crippen LogP contribution in [0.1, 0.15) is 46.5 Å². The van der Waals surface area contributed by atoms with Crippen LogP contribution in [0.3, 0.4) is 0 Å². The maximum absolute atomic E-state index is 12.7. The van der Waals surface area contributed by atoms with Crippen molar-refractivity contribution in [1.82, 2.24) is 5.48 Å². The zero-order chi connectivity index (χ0) is 12.4. The number of hydrogen-bond acceptors (Lipinski definition) is 2. The van der Waals surface area contributed by atoms with E-state index >= 15 is 0 Å². The molecular formula is C11H20F3NO. The van der Waals surface area contributed by atoms with E-state index < -0.39 is 23.7 Å². The monoisotopic (exact) mass is 239 g/mol. The third-order valence-electron chi connectivity index (χ3n) is 2.70. The molecule has 0 amide bonds. The Balaban J connectivity index is 2.54. The number of alkyl halides is 3. The summed E-state index contributed by atoms with van der Waals surface area (Å²) in [6.45, 7) is 5.43. The molecule has 16 heavy (non-hydrogen) atoms. The van der Waals surface area contributed by atoms with E-state index in [1.165, 1.54) is 0 Å². The summed E-state index contributed by atoms with van der Waals surface area (Å²) >= 11 is 0. The largest absolute Gasteiger partial charge is 0.393 e. The van der Waals surface area contributed by atoms with Crippen molar-refractivity contribution in [3.8, 4) is 0 Å². The summed E-state index contributed by atoms with van der Waals surface area (Å²) in [7, 11) is 0. The van der Waals surface area contributed by atoms with Gasteiger partial charge >= 0.3 is 6.18 Å². The highest BCUT2D eigenvalue weighted by Crippen LogP contribution is 2.37. The minimum absolute atomic E-state index is 0.203. The molecule has 0 aromatic carbocycles. The summed E-state index contributed by atoms with van der Waals surface area (Å²) in [5, 5.41) is 0. The van der Waals surface area contributed by atoms with E-state index in [1.54, 1.807) is 0 Å². The second kappa shape index (κ2) is 4.92. The zero-order valence-electron chi connectivity index (χ0n) is 10.0. The fourth-order valence-electron chi connectivity index (χ4n) is 1.92. The topological polar surface area (TPSA) is 21.3 Å². The fourth-order valence-corrected chi connectivity index (χ4v) is 1.92. The fraction of sp³-hybridized carbons (Fsp3) is 1.00. The van der Waals surface area contributed by atoms with Gasteiger partial charge in [0.25, 0.3) is 0 Å². The molecule has 0 bridgehead atoms. The van der Waals surface area contributed by atoms with Gasteiger partial charge in [-0.1, -0.05) is 12.8 Å². The van der Waals surface area contributed by atoms with Gasteiger partial charge in [-0.15, -0.1) is 0 Å². The van der Waals surface area contributed by atoms with Gasteiger partial charge in [0, 0.05) is 6.04 Å². The summed E-state index contributed by atoms with van der Waals surface area (Å²) in [4.78, 5) is 5.24. The van der Waals surface area contributed by atoms with Crippen LogP contribution >= 0.6 is 0 Å². The molecule has 2 nitrogen and oxygen atoms in total. The van der Waals surface area contributed by atoms with Crippen LogP contribution < -0.4 is 5.48 Å². The Hall–Kier alpha value is -0.290. The van der Waals surface area contributed by atoms with Gasteiger partial charge in [-0.05, 0) is 33.6 Å².